The molecule has 5 nitrogen and oxygen atoms in total. The Bertz CT molecular complexity index is 970. The van der Waals surface area contributed by atoms with Crippen molar-refractivity contribution in [2.75, 3.05) is 20.3 Å². The van der Waals surface area contributed by atoms with Crippen molar-refractivity contribution in [2.24, 2.45) is 0 Å². The van der Waals surface area contributed by atoms with Gasteiger partial charge in [-0.2, -0.15) is 0 Å². The minimum absolute atomic E-state index is 0.0545. The van der Waals surface area contributed by atoms with E-state index in [1.807, 2.05) is 54.1 Å². The van der Waals surface area contributed by atoms with E-state index in [4.69, 9.17) is 27.9 Å². The molecule has 0 radical (unpaired) electrons. The van der Waals surface area contributed by atoms with Crippen molar-refractivity contribution in [1.29, 1.82) is 0 Å². The van der Waals surface area contributed by atoms with Crippen molar-refractivity contribution in [1.82, 2.24) is 14.5 Å². The van der Waals surface area contributed by atoms with Crippen molar-refractivity contribution >= 4 is 29.1 Å². The summed E-state index contributed by atoms with van der Waals surface area (Å²) in [6, 6.07) is 13.0. The Hall–Kier alpha value is -2.34. The molecule has 1 amide bonds. The molecular weight excluding hydrogens is 409 g/mol. The lowest BCUT2D eigenvalue weighted by Crippen LogP contribution is -2.34. The van der Waals surface area contributed by atoms with Gasteiger partial charge < -0.3 is 14.2 Å². The number of amides is 1. The largest absolute Gasteiger partial charge is 0.383 e. The third-order valence-electron chi connectivity index (χ3n) is 4.64. The smallest absolute Gasteiger partial charge is 0.254 e. The average molecular weight is 432 g/mol. The van der Waals surface area contributed by atoms with E-state index in [1.165, 1.54) is 0 Å². The van der Waals surface area contributed by atoms with Crippen LogP contribution >= 0.6 is 23.2 Å². The highest BCUT2D eigenvalue weighted by molar-refractivity contribution is 6.35. The lowest BCUT2D eigenvalue weighted by molar-refractivity contribution is 0.0673. The zero-order chi connectivity index (χ0) is 20.8. The highest BCUT2D eigenvalue weighted by atomic mass is 35.5. The van der Waals surface area contributed by atoms with Crippen LogP contribution in [0, 0.1) is 6.92 Å². The van der Waals surface area contributed by atoms with Crippen LogP contribution < -0.4 is 0 Å². The fourth-order valence-electron chi connectivity index (χ4n) is 2.97. The lowest BCUT2D eigenvalue weighted by Gasteiger charge is -2.23. The maximum atomic E-state index is 13.0. The van der Waals surface area contributed by atoms with Crippen molar-refractivity contribution in [3.05, 3.63) is 87.4 Å². The predicted molar refractivity (Wildman–Crippen MR) is 116 cm³/mol. The second-order valence-corrected chi connectivity index (χ2v) is 7.64. The van der Waals surface area contributed by atoms with Gasteiger partial charge in [-0.05, 0) is 36.8 Å². The molecule has 152 valence electrons. The fourth-order valence-corrected chi connectivity index (χ4v) is 3.44. The van der Waals surface area contributed by atoms with Gasteiger partial charge in [0.15, 0.2) is 0 Å². The minimum Gasteiger partial charge on any atom is -0.383 e. The van der Waals surface area contributed by atoms with E-state index in [1.54, 1.807) is 24.3 Å². The first-order valence-corrected chi connectivity index (χ1v) is 10.0. The van der Waals surface area contributed by atoms with Crippen LogP contribution in [0.5, 0.6) is 0 Å². The molecule has 1 aromatic heterocycles. The van der Waals surface area contributed by atoms with Crippen LogP contribution in [-0.2, 0) is 17.8 Å². The van der Waals surface area contributed by atoms with Gasteiger partial charge in [0.25, 0.3) is 5.91 Å². The zero-order valence-corrected chi connectivity index (χ0v) is 18.0. The first-order valence-electron chi connectivity index (χ1n) is 9.26. The van der Waals surface area contributed by atoms with Gasteiger partial charge in [0.05, 0.1) is 19.7 Å². The van der Waals surface area contributed by atoms with Gasteiger partial charge in [0.2, 0.25) is 0 Å². The fraction of sp³-hybridized carbons (Fsp3) is 0.273. The number of benzene rings is 2. The molecule has 2 aromatic carbocycles. The number of hydrogen-bond donors (Lipinski definition) is 0. The molecule has 0 atom stereocenters. The molecule has 0 saturated carbocycles. The van der Waals surface area contributed by atoms with Crippen molar-refractivity contribution in [3.63, 3.8) is 0 Å². The van der Waals surface area contributed by atoms with E-state index in [0.717, 1.165) is 17.0 Å². The van der Waals surface area contributed by atoms with Gasteiger partial charge in [-0.15, -0.1) is 0 Å². The number of rotatable bonds is 8. The third-order valence-corrected chi connectivity index (χ3v) is 5.23. The summed E-state index contributed by atoms with van der Waals surface area (Å²) in [6.45, 7) is 3.82. The van der Waals surface area contributed by atoms with E-state index < -0.39 is 0 Å². The number of ether oxygens (including phenoxy) is 1. The maximum Gasteiger partial charge on any atom is 0.254 e. The van der Waals surface area contributed by atoms with Crippen LogP contribution in [-0.4, -0.2) is 40.6 Å². The number of aromatic nitrogens is 2. The zero-order valence-electron chi connectivity index (χ0n) is 16.4. The molecule has 7 heteroatoms. The molecular formula is C22H23Cl2N3O2. The van der Waals surface area contributed by atoms with Gasteiger partial charge in [-0.25, -0.2) is 4.98 Å². The monoisotopic (exact) mass is 431 g/mol. The minimum atomic E-state index is -0.0545. The van der Waals surface area contributed by atoms with E-state index in [2.05, 4.69) is 4.98 Å². The number of halogens is 2. The van der Waals surface area contributed by atoms with E-state index in [-0.39, 0.29) is 5.91 Å². The van der Waals surface area contributed by atoms with Gasteiger partial charge in [0, 0.05) is 41.7 Å². The summed E-state index contributed by atoms with van der Waals surface area (Å²) < 4.78 is 7.18. The SMILES string of the molecule is COCCN(Cc1nccn1Cc1ccc(Cl)cc1Cl)C(=O)c1ccc(C)cc1. The van der Waals surface area contributed by atoms with Gasteiger partial charge in [0.1, 0.15) is 5.82 Å². The molecule has 0 N–H and O–H groups in total. The highest BCUT2D eigenvalue weighted by Crippen LogP contribution is 2.22. The number of carbonyl (C=O) groups is 1. The second-order valence-electron chi connectivity index (χ2n) is 6.79. The van der Waals surface area contributed by atoms with E-state index in [9.17, 15) is 4.79 Å². The number of imidazole rings is 1. The van der Waals surface area contributed by atoms with Crippen molar-refractivity contribution in [2.45, 2.75) is 20.0 Å². The topological polar surface area (TPSA) is 47.4 Å². The molecule has 0 aliphatic heterocycles. The molecule has 0 bridgehead atoms. The summed E-state index contributed by atoms with van der Waals surface area (Å²) in [5.74, 6) is 0.716. The van der Waals surface area contributed by atoms with Crippen molar-refractivity contribution < 1.29 is 9.53 Å². The van der Waals surface area contributed by atoms with Crippen LogP contribution in [0.3, 0.4) is 0 Å². The van der Waals surface area contributed by atoms with Crippen LogP contribution in [0.2, 0.25) is 10.0 Å². The van der Waals surface area contributed by atoms with Crippen LogP contribution in [0.25, 0.3) is 0 Å². The molecule has 29 heavy (non-hydrogen) atoms. The molecule has 0 saturated heterocycles. The molecule has 3 aromatic rings. The molecule has 3 rings (SSSR count). The van der Waals surface area contributed by atoms with E-state index in [0.29, 0.717) is 41.8 Å². The average Bonchev–Trinajstić information content (AvgIpc) is 3.14. The Kier molecular flexibility index (Phi) is 7.31. The number of hydrogen-bond acceptors (Lipinski definition) is 3. The Morgan fingerprint density at radius 3 is 2.62 bits per heavy atom. The van der Waals surface area contributed by atoms with Crippen LogP contribution in [0.15, 0.2) is 54.9 Å². The Labute approximate surface area is 180 Å². The Morgan fingerprint density at radius 2 is 1.93 bits per heavy atom. The van der Waals surface area contributed by atoms with Gasteiger partial charge in [-0.3, -0.25) is 4.79 Å². The quantitative estimate of drug-likeness (QED) is 0.512. The summed E-state index contributed by atoms with van der Waals surface area (Å²) in [5.41, 5.74) is 2.69. The third kappa shape index (κ3) is 5.60. The summed E-state index contributed by atoms with van der Waals surface area (Å²) in [4.78, 5) is 19.3. The Balaban J connectivity index is 1.80. The van der Waals surface area contributed by atoms with Gasteiger partial charge in [-0.1, -0.05) is 47.0 Å². The summed E-state index contributed by atoms with van der Waals surface area (Å²) in [6.07, 6.45) is 3.61. The molecule has 0 spiro atoms. The number of aryl methyl sites for hydroxylation is 1. The second kappa shape index (κ2) is 9.92. The summed E-state index contributed by atoms with van der Waals surface area (Å²) in [5, 5.41) is 1.20. The van der Waals surface area contributed by atoms with Crippen LogP contribution in [0.4, 0.5) is 0 Å². The molecule has 0 aliphatic carbocycles. The summed E-state index contributed by atoms with van der Waals surface area (Å²) >= 11 is 12.3. The standard InChI is InChI=1S/C22H23Cl2N3O2/c1-16-3-5-17(6-4-16)22(28)27(11-12-29-2)15-21-25-9-10-26(21)14-18-7-8-19(23)13-20(18)24/h3-10,13H,11-12,14-15H2,1-2H3. The first-order chi connectivity index (χ1) is 14.0. The summed E-state index contributed by atoms with van der Waals surface area (Å²) in [7, 11) is 1.62. The maximum absolute atomic E-state index is 13.0. The Morgan fingerprint density at radius 1 is 1.17 bits per heavy atom. The van der Waals surface area contributed by atoms with Crippen LogP contribution in [0.1, 0.15) is 27.3 Å². The normalized spacial score (nSPS) is 10.9. The molecule has 1 heterocycles. The number of nitrogens with zero attached hydrogens (tertiary/aromatic N) is 3. The molecule has 0 fully saturated rings. The lowest BCUT2D eigenvalue weighted by atomic mass is 10.1. The van der Waals surface area contributed by atoms with E-state index >= 15 is 0 Å². The molecule has 0 unspecified atom stereocenters. The van der Waals surface area contributed by atoms with Crippen molar-refractivity contribution in [3.8, 4) is 0 Å². The number of carbonyl (C=O) groups excluding carboxylic acids is 1. The highest BCUT2D eigenvalue weighted by Gasteiger charge is 2.18. The first kappa shape index (κ1) is 21.4. The molecule has 0 aliphatic rings. The number of methoxy groups -OCH3 is 1. The van der Waals surface area contributed by atoms with Gasteiger partial charge >= 0.3 is 0 Å². The predicted octanol–water partition coefficient (Wildman–Crippen LogP) is 4.84.